The van der Waals surface area contributed by atoms with Gasteiger partial charge < -0.3 is 26.0 Å². The summed E-state index contributed by atoms with van der Waals surface area (Å²) >= 11 is 1.49. The molecule has 9 nitrogen and oxygen atoms in total. The number of nitrogens with zero attached hydrogens (tertiary/aromatic N) is 4. The van der Waals surface area contributed by atoms with Crippen molar-refractivity contribution < 1.29 is 15.3 Å². The van der Waals surface area contributed by atoms with Crippen LogP contribution >= 0.6 is 11.3 Å². The maximum atomic E-state index is 11.2. The molecule has 178 valence electrons. The Morgan fingerprint density at radius 1 is 1.27 bits per heavy atom. The molecule has 3 aromatic rings. The van der Waals surface area contributed by atoms with Gasteiger partial charge in [-0.2, -0.15) is 4.98 Å². The Labute approximate surface area is 197 Å². The third kappa shape index (κ3) is 5.08. The monoisotopic (exact) mass is 472 g/mol. The minimum absolute atomic E-state index is 0.234. The molecular weight excluding hydrogens is 440 g/mol. The first-order valence-electron chi connectivity index (χ1n) is 11.4. The highest BCUT2D eigenvalue weighted by Crippen LogP contribution is 2.38. The summed E-state index contributed by atoms with van der Waals surface area (Å²) in [7, 11) is 0. The molecule has 0 bridgehead atoms. The van der Waals surface area contributed by atoms with Gasteiger partial charge in [0.25, 0.3) is 0 Å². The average molecular weight is 473 g/mol. The summed E-state index contributed by atoms with van der Waals surface area (Å²) in [5.41, 5.74) is 0.386. The number of rotatable bonds is 10. The predicted molar refractivity (Wildman–Crippen MR) is 130 cm³/mol. The smallest absolute Gasteiger partial charge is 0.225 e. The molecule has 1 aliphatic rings. The summed E-state index contributed by atoms with van der Waals surface area (Å²) in [5.74, 6) is 0.957. The highest BCUT2D eigenvalue weighted by Gasteiger charge is 2.37. The fourth-order valence-electron chi connectivity index (χ4n) is 4.01. The number of aryl methyl sites for hydroxylation is 1. The quantitative estimate of drug-likeness (QED) is 0.282. The average Bonchev–Trinajstić information content (AvgIpc) is 3.53. The van der Waals surface area contributed by atoms with Gasteiger partial charge in [-0.25, -0.2) is 9.97 Å². The van der Waals surface area contributed by atoms with Crippen molar-refractivity contribution in [1.82, 2.24) is 19.9 Å². The van der Waals surface area contributed by atoms with E-state index in [1.165, 1.54) is 31.1 Å². The zero-order valence-corrected chi connectivity index (χ0v) is 20.2. The first-order chi connectivity index (χ1) is 15.7. The lowest BCUT2D eigenvalue weighted by Crippen LogP contribution is -2.51. The molecule has 1 aliphatic carbocycles. The van der Waals surface area contributed by atoms with Crippen molar-refractivity contribution in [1.29, 1.82) is 0 Å². The summed E-state index contributed by atoms with van der Waals surface area (Å²) in [5, 5.41) is 38.7. The number of aliphatic hydroxyl groups excluding tert-OH is 2. The van der Waals surface area contributed by atoms with Gasteiger partial charge in [-0.3, -0.25) is 4.98 Å². The lowest BCUT2D eigenvalue weighted by molar-refractivity contribution is -0.0813. The summed E-state index contributed by atoms with van der Waals surface area (Å²) in [6, 6.07) is 2.14. The first kappa shape index (κ1) is 23.7. The van der Waals surface area contributed by atoms with E-state index < -0.39 is 17.7 Å². The molecule has 1 fully saturated rings. The molecule has 10 heteroatoms. The number of nitrogens with one attached hydrogen (secondary N) is 2. The maximum Gasteiger partial charge on any atom is 0.225 e. The summed E-state index contributed by atoms with van der Waals surface area (Å²) in [6.45, 7) is 7.11. The van der Waals surface area contributed by atoms with E-state index in [0.29, 0.717) is 40.4 Å². The second kappa shape index (κ2) is 9.46. The zero-order valence-electron chi connectivity index (χ0n) is 19.4. The first-order valence-corrected chi connectivity index (χ1v) is 12.2. The van der Waals surface area contributed by atoms with Gasteiger partial charge in [0.1, 0.15) is 22.4 Å². The van der Waals surface area contributed by atoms with Crippen LogP contribution < -0.4 is 10.6 Å². The number of fused-ring (bicyclic) bond motifs is 1. The molecule has 3 aromatic heterocycles. The molecule has 3 heterocycles. The Morgan fingerprint density at radius 3 is 2.67 bits per heavy atom. The molecular formula is C23H32N6O3S. The van der Waals surface area contributed by atoms with Crippen molar-refractivity contribution in [2.45, 2.75) is 64.8 Å². The number of thiazole rings is 1. The molecule has 0 saturated heterocycles. The van der Waals surface area contributed by atoms with Gasteiger partial charge in [0, 0.05) is 24.8 Å². The van der Waals surface area contributed by atoms with Crippen molar-refractivity contribution in [2.75, 3.05) is 17.2 Å². The van der Waals surface area contributed by atoms with Crippen LogP contribution in [0.1, 0.15) is 45.7 Å². The second-order valence-electron chi connectivity index (χ2n) is 9.06. The molecule has 0 radical (unpaired) electrons. The fourth-order valence-corrected chi connectivity index (χ4v) is 5.04. The molecule has 5 N–H and O–H groups in total. The number of pyridine rings is 1. The fraction of sp³-hybridized carbons (Fsp3) is 0.565. The van der Waals surface area contributed by atoms with Gasteiger partial charge in [0.2, 0.25) is 5.95 Å². The molecule has 4 rings (SSSR count). The largest absolute Gasteiger partial charge is 0.396 e. The van der Waals surface area contributed by atoms with Crippen LogP contribution in [-0.4, -0.2) is 59.7 Å². The normalized spacial score (nSPS) is 18.5. The van der Waals surface area contributed by atoms with Crippen LogP contribution in [0, 0.1) is 18.8 Å². The third-order valence-electron chi connectivity index (χ3n) is 6.33. The topological polar surface area (TPSA) is 136 Å². The van der Waals surface area contributed by atoms with E-state index in [2.05, 4.69) is 27.5 Å². The Kier molecular flexibility index (Phi) is 6.81. The van der Waals surface area contributed by atoms with Crippen LogP contribution in [0.2, 0.25) is 0 Å². The molecule has 0 amide bonds. The highest BCUT2D eigenvalue weighted by molar-refractivity contribution is 7.21. The van der Waals surface area contributed by atoms with E-state index in [4.69, 9.17) is 9.97 Å². The Bertz CT molecular complexity index is 1080. The Hall–Kier alpha value is -2.40. The summed E-state index contributed by atoms with van der Waals surface area (Å²) < 4.78 is 0.980. The van der Waals surface area contributed by atoms with Crippen molar-refractivity contribution in [3.63, 3.8) is 0 Å². The van der Waals surface area contributed by atoms with Crippen LogP contribution in [-0.2, 0) is 0 Å². The number of aromatic nitrogens is 4. The van der Waals surface area contributed by atoms with Crippen LogP contribution in [0.4, 0.5) is 11.8 Å². The maximum absolute atomic E-state index is 11.2. The highest BCUT2D eigenvalue weighted by atomic mass is 32.1. The van der Waals surface area contributed by atoms with Crippen molar-refractivity contribution in [3.8, 4) is 10.6 Å². The van der Waals surface area contributed by atoms with Crippen LogP contribution in [0.15, 0.2) is 18.5 Å². The third-order valence-corrected chi connectivity index (χ3v) is 7.39. The van der Waals surface area contributed by atoms with Crippen molar-refractivity contribution in [3.05, 3.63) is 24.2 Å². The van der Waals surface area contributed by atoms with Crippen molar-refractivity contribution >= 4 is 33.3 Å². The van der Waals surface area contributed by atoms with E-state index in [9.17, 15) is 15.3 Å². The number of aliphatic hydroxyl groups is 3. The number of hydrogen-bond donors (Lipinski definition) is 5. The number of hydrogen-bond acceptors (Lipinski definition) is 10. The summed E-state index contributed by atoms with van der Waals surface area (Å²) in [4.78, 5) is 18.2. The van der Waals surface area contributed by atoms with E-state index in [0.717, 1.165) is 10.2 Å². The molecule has 0 spiro atoms. The van der Waals surface area contributed by atoms with Crippen LogP contribution in [0.5, 0.6) is 0 Å². The molecule has 1 saturated carbocycles. The lowest BCUT2D eigenvalue weighted by Gasteiger charge is -2.35. The van der Waals surface area contributed by atoms with Crippen LogP contribution in [0.3, 0.4) is 0 Å². The van der Waals surface area contributed by atoms with Gasteiger partial charge in [-0.1, -0.05) is 6.92 Å². The van der Waals surface area contributed by atoms with Crippen LogP contribution in [0.25, 0.3) is 20.8 Å². The SMILES string of the molecule is CCC(CO)[C@@H](O)C(C)(O)Nc1nc(N[C@H](C)C2CC2)nc(C)c1-c1nc2cnccc2s1. The van der Waals surface area contributed by atoms with E-state index in [1.807, 2.05) is 19.9 Å². The second-order valence-corrected chi connectivity index (χ2v) is 10.1. The van der Waals surface area contributed by atoms with Gasteiger partial charge in [0.05, 0.1) is 22.2 Å². The van der Waals surface area contributed by atoms with E-state index in [1.54, 1.807) is 12.4 Å². The minimum Gasteiger partial charge on any atom is -0.396 e. The van der Waals surface area contributed by atoms with Gasteiger partial charge in [0.15, 0.2) is 5.72 Å². The standard InChI is InChI=1S/C23H32N6O3S/c1-5-14(11-30)19(31)23(4,32)29-20-18(21-27-16-10-24-9-8-17(16)33-21)13(3)26-22(28-20)25-12(2)15-6-7-15/h8-10,12,14-15,19,30-32H,5-7,11H2,1-4H3,(H2,25,26,28,29)/t12-,14?,19-,23?/m1/s1. The minimum atomic E-state index is -1.74. The van der Waals surface area contributed by atoms with Gasteiger partial charge in [-0.15, -0.1) is 11.3 Å². The molecule has 0 aliphatic heterocycles. The van der Waals surface area contributed by atoms with Crippen molar-refractivity contribution in [2.24, 2.45) is 11.8 Å². The Balaban J connectivity index is 1.76. The predicted octanol–water partition coefficient (Wildman–Crippen LogP) is 3.17. The molecule has 2 unspecified atom stereocenters. The lowest BCUT2D eigenvalue weighted by atomic mass is 9.92. The van der Waals surface area contributed by atoms with E-state index >= 15 is 0 Å². The number of anilines is 2. The van der Waals surface area contributed by atoms with Gasteiger partial charge in [-0.05, 0) is 52.0 Å². The van der Waals surface area contributed by atoms with E-state index in [-0.39, 0.29) is 12.6 Å². The summed E-state index contributed by atoms with van der Waals surface area (Å²) in [6.07, 6.45) is 5.12. The Morgan fingerprint density at radius 2 is 2.03 bits per heavy atom. The molecule has 0 aromatic carbocycles. The molecule has 4 atom stereocenters. The molecule has 33 heavy (non-hydrogen) atoms. The van der Waals surface area contributed by atoms with Gasteiger partial charge >= 0.3 is 0 Å². The zero-order chi connectivity index (χ0) is 23.8.